The van der Waals surface area contributed by atoms with E-state index in [0.29, 0.717) is 11.6 Å². The maximum Gasteiger partial charge on any atom is 0.230 e. The van der Waals surface area contributed by atoms with Gasteiger partial charge in [0.1, 0.15) is 11.4 Å². The van der Waals surface area contributed by atoms with Gasteiger partial charge in [0, 0.05) is 17.5 Å². The van der Waals surface area contributed by atoms with Crippen molar-refractivity contribution in [2.75, 3.05) is 12.8 Å². The lowest BCUT2D eigenvalue weighted by molar-refractivity contribution is 0.415. The molecular formula is C16H15N3O2. The molecule has 0 amide bonds. The molecule has 0 radical (unpaired) electrons. The lowest BCUT2D eigenvalue weighted by atomic mass is 10.0. The van der Waals surface area contributed by atoms with Crippen LogP contribution in [0.25, 0.3) is 22.4 Å². The number of hydrogen-bond donors (Lipinski definition) is 1. The molecule has 3 rings (SSSR count). The second kappa shape index (κ2) is 5.28. The largest absolute Gasteiger partial charge is 0.497 e. The van der Waals surface area contributed by atoms with Crippen molar-refractivity contribution < 1.29 is 9.26 Å². The Kier molecular flexibility index (Phi) is 3.31. The first-order chi connectivity index (χ1) is 10.2. The van der Waals surface area contributed by atoms with Gasteiger partial charge in [0.15, 0.2) is 0 Å². The molecule has 0 saturated carbocycles. The number of nitrogen functional groups attached to an aromatic ring is 1. The van der Waals surface area contributed by atoms with E-state index in [2.05, 4.69) is 10.1 Å². The normalized spacial score (nSPS) is 10.6. The van der Waals surface area contributed by atoms with E-state index in [9.17, 15) is 0 Å². The molecule has 0 bridgehead atoms. The highest BCUT2D eigenvalue weighted by Gasteiger charge is 2.19. The van der Waals surface area contributed by atoms with Gasteiger partial charge < -0.3 is 15.0 Å². The minimum Gasteiger partial charge on any atom is -0.497 e. The number of rotatable bonds is 3. The third kappa shape index (κ3) is 2.33. The summed E-state index contributed by atoms with van der Waals surface area (Å²) in [5.41, 5.74) is 10.1. The number of anilines is 1. The van der Waals surface area contributed by atoms with E-state index in [-0.39, 0.29) is 0 Å². The Balaban J connectivity index is 2.15. The van der Waals surface area contributed by atoms with Crippen molar-refractivity contribution in [3.8, 4) is 28.1 Å². The minimum absolute atomic E-state index is 0.290. The van der Waals surface area contributed by atoms with Crippen LogP contribution in [-0.2, 0) is 0 Å². The summed E-state index contributed by atoms with van der Waals surface area (Å²) in [6.07, 6.45) is 1.75. The lowest BCUT2D eigenvalue weighted by Crippen LogP contribution is -1.91. The smallest absolute Gasteiger partial charge is 0.230 e. The van der Waals surface area contributed by atoms with E-state index in [4.69, 9.17) is 15.0 Å². The number of benzene rings is 1. The number of ether oxygens (including phenoxy) is 1. The minimum atomic E-state index is 0.290. The van der Waals surface area contributed by atoms with Gasteiger partial charge in [-0.25, -0.2) is 0 Å². The average Bonchev–Trinajstić information content (AvgIpc) is 2.89. The number of aryl methyl sites for hydroxylation is 1. The fourth-order valence-corrected chi connectivity index (χ4v) is 2.26. The van der Waals surface area contributed by atoms with Gasteiger partial charge in [-0.3, -0.25) is 4.98 Å². The van der Waals surface area contributed by atoms with Crippen LogP contribution in [-0.4, -0.2) is 17.3 Å². The molecule has 2 N–H and O–H groups in total. The van der Waals surface area contributed by atoms with Crippen molar-refractivity contribution in [2.24, 2.45) is 0 Å². The molecule has 5 heteroatoms. The third-order valence-electron chi connectivity index (χ3n) is 3.36. The van der Waals surface area contributed by atoms with E-state index < -0.39 is 0 Å². The molecule has 21 heavy (non-hydrogen) atoms. The molecule has 0 fully saturated rings. The Bertz CT molecular complexity index is 763. The summed E-state index contributed by atoms with van der Waals surface area (Å²) in [7, 11) is 1.63. The van der Waals surface area contributed by atoms with Crippen LogP contribution in [0.1, 0.15) is 5.69 Å². The molecule has 2 heterocycles. The summed E-state index contributed by atoms with van der Waals surface area (Å²) in [6.45, 7) is 1.93. The zero-order valence-corrected chi connectivity index (χ0v) is 11.8. The predicted octanol–water partition coefficient (Wildman–Crippen LogP) is 3.30. The van der Waals surface area contributed by atoms with Crippen molar-refractivity contribution in [1.29, 1.82) is 0 Å². The van der Waals surface area contributed by atoms with Crippen molar-refractivity contribution in [3.05, 3.63) is 48.3 Å². The molecule has 5 nitrogen and oxygen atoms in total. The number of hydrogen-bond acceptors (Lipinski definition) is 5. The summed E-state index contributed by atoms with van der Waals surface area (Å²) in [5.74, 6) is 1.08. The quantitative estimate of drug-likeness (QED) is 0.797. The molecule has 0 unspecified atom stereocenters. The Hall–Kier alpha value is -2.82. The standard InChI is InChI=1S/C16H15N3O2/c1-10-13(4-3-9-18-10)15-14(16(17)21-19-15)11-5-7-12(20-2)8-6-11/h3-9H,17H2,1-2H3. The fourth-order valence-electron chi connectivity index (χ4n) is 2.26. The predicted molar refractivity (Wildman–Crippen MR) is 80.9 cm³/mol. The second-order valence-corrected chi connectivity index (χ2v) is 4.64. The van der Waals surface area contributed by atoms with E-state index in [0.717, 1.165) is 28.1 Å². The van der Waals surface area contributed by atoms with Gasteiger partial charge in [0.05, 0.1) is 12.7 Å². The van der Waals surface area contributed by atoms with Gasteiger partial charge in [-0.1, -0.05) is 17.3 Å². The zero-order valence-electron chi connectivity index (χ0n) is 11.8. The highest BCUT2D eigenvalue weighted by atomic mass is 16.5. The summed E-state index contributed by atoms with van der Waals surface area (Å²) in [5, 5.41) is 4.09. The Morgan fingerprint density at radius 1 is 1.14 bits per heavy atom. The maximum absolute atomic E-state index is 5.95. The highest BCUT2D eigenvalue weighted by molar-refractivity contribution is 5.87. The Morgan fingerprint density at radius 3 is 2.57 bits per heavy atom. The van der Waals surface area contributed by atoms with Crippen LogP contribution >= 0.6 is 0 Å². The molecule has 0 aliphatic carbocycles. The van der Waals surface area contributed by atoms with Crippen molar-refractivity contribution >= 4 is 5.88 Å². The van der Waals surface area contributed by atoms with Gasteiger partial charge in [-0.15, -0.1) is 0 Å². The van der Waals surface area contributed by atoms with Crippen LogP contribution in [0.5, 0.6) is 5.75 Å². The lowest BCUT2D eigenvalue weighted by Gasteiger charge is -2.06. The molecule has 1 aromatic carbocycles. The fraction of sp³-hybridized carbons (Fsp3) is 0.125. The van der Waals surface area contributed by atoms with Crippen LogP contribution in [0.15, 0.2) is 47.1 Å². The first kappa shape index (κ1) is 13.2. The monoisotopic (exact) mass is 281 g/mol. The summed E-state index contributed by atoms with van der Waals surface area (Å²) >= 11 is 0. The zero-order chi connectivity index (χ0) is 14.8. The first-order valence-electron chi connectivity index (χ1n) is 6.52. The molecule has 0 saturated heterocycles. The van der Waals surface area contributed by atoms with Gasteiger partial charge in [-0.05, 0) is 36.8 Å². The van der Waals surface area contributed by atoms with Gasteiger partial charge in [-0.2, -0.15) is 0 Å². The molecule has 0 atom stereocenters. The van der Waals surface area contributed by atoms with Crippen LogP contribution in [0.2, 0.25) is 0 Å². The van der Waals surface area contributed by atoms with E-state index in [1.807, 2.05) is 43.3 Å². The summed E-state index contributed by atoms with van der Waals surface area (Å²) < 4.78 is 10.4. The number of nitrogens with zero attached hydrogens (tertiary/aromatic N) is 2. The Morgan fingerprint density at radius 2 is 1.90 bits per heavy atom. The molecule has 0 spiro atoms. The van der Waals surface area contributed by atoms with Crippen molar-refractivity contribution in [2.45, 2.75) is 6.92 Å². The second-order valence-electron chi connectivity index (χ2n) is 4.64. The molecule has 2 aromatic heterocycles. The molecule has 3 aromatic rings. The molecule has 0 aliphatic rings. The number of pyridine rings is 1. The van der Waals surface area contributed by atoms with Gasteiger partial charge in [0.2, 0.25) is 5.88 Å². The van der Waals surface area contributed by atoms with Crippen LogP contribution in [0, 0.1) is 6.92 Å². The van der Waals surface area contributed by atoms with E-state index in [1.54, 1.807) is 13.3 Å². The molecular weight excluding hydrogens is 266 g/mol. The SMILES string of the molecule is COc1ccc(-c2c(-c3cccnc3C)noc2N)cc1. The van der Waals surface area contributed by atoms with Crippen molar-refractivity contribution in [1.82, 2.24) is 10.1 Å². The summed E-state index contributed by atoms with van der Waals surface area (Å²) in [6, 6.07) is 11.4. The van der Waals surface area contributed by atoms with Crippen LogP contribution < -0.4 is 10.5 Å². The van der Waals surface area contributed by atoms with Crippen LogP contribution in [0.3, 0.4) is 0 Å². The number of nitrogens with two attached hydrogens (primary N) is 1. The first-order valence-corrected chi connectivity index (χ1v) is 6.52. The van der Waals surface area contributed by atoms with Crippen LogP contribution in [0.4, 0.5) is 5.88 Å². The molecule has 0 aliphatic heterocycles. The van der Waals surface area contributed by atoms with E-state index >= 15 is 0 Å². The van der Waals surface area contributed by atoms with Gasteiger partial charge >= 0.3 is 0 Å². The highest BCUT2D eigenvalue weighted by Crippen LogP contribution is 2.37. The maximum atomic E-state index is 5.95. The topological polar surface area (TPSA) is 74.2 Å². The van der Waals surface area contributed by atoms with Gasteiger partial charge in [0.25, 0.3) is 0 Å². The Labute approximate surface area is 122 Å². The average molecular weight is 281 g/mol. The van der Waals surface area contributed by atoms with E-state index in [1.165, 1.54) is 0 Å². The number of aromatic nitrogens is 2. The third-order valence-corrected chi connectivity index (χ3v) is 3.36. The molecule has 106 valence electrons. The summed E-state index contributed by atoms with van der Waals surface area (Å²) in [4.78, 5) is 4.28. The van der Waals surface area contributed by atoms with Crippen molar-refractivity contribution in [3.63, 3.8) is 0 Å². The number of methoxy groups -OCH3 is 1.